The number of amides is 1. The van der Waals surface area contributed by atoms with Crippen molar-refractivity contribution in [2.24, 2.45) is 5.41 Å². The van der Waals surface area contributed by atoms with Gasteiger partial charge in [0.25, 0.3) is 10.1 Å². The molecule has 0 saturated heterocycles. The van der Waals surface area contributed by atoms with Gasteiger partial charge < -0.3 is 5.32 Å². The summed E-state index contributed by atoms with van der Waals surface area (Å²) in [5.74, 6) is -0.102. The zero-order valence-electron chi connectivity index (χ0n) is 13.7. The molecule has 1 heterocycles. The molecule has 2 rings (SSSR count). The fourth-order valence-electron chi connectivity index (χ4n) is 2.30. The SMILES string of the molecule is CCC1(C)C(=O)Nc2ccc(S(=O)(=O)OCC(C)(C)C)cc21. The zero-order valence-corrected chi connectivity index (χ0v) is 14.5. The van der Waals surface area contributed by atoms with Gasteiger partial charge in [0.2, 0.25) is 5.91 Å². The van der Waals surface area contributed by atoms with Crippen LogP contribution < -0.4 is 5.32 Å². The molecule has 0 bridgehead atoms. The molecule has 0 spiro atoms. The third-order valence-electron chi connectivity index (χ3n) is 3.98. The maximum atomic E-state index is 12.3. The smallest absolute Gasteiger partial charge is 0.297 e. The van der Waals surface area contributed by atoms with Crippen molar-refractivity contribution >= 4 is 21.7 Å². The lowest BCUT2D eigenvalue weighted by Crippen LogP contribution is -2.30. The van der Waals surface area contributed by atoms with E-state index in [1.54, 1.807) is 12.1 Å². The first kappa shape index (κ1) is 17.0. The molecule has 6 heteroatoms. The van der Waals surface area contributed by atoms with Crippen LogP contribution in [-0.4, -0.2) is 20.9 Å². The van der Waals surface area contributed by atoms with E-state index < -0.39 is 15.5 Å². The van der Waals surface area contributed by atoms with Gasteiger partial charge in [0.05, 0.1) is 16.9 Å². The van der Waals surface area contributed by atoms with Crippen molar-refractivity contribution in [2.45, 2.75) is 51.3 Å². The van der Waals surface area contributed by atoms with E-state index in [4.69, 9.17) is 4.18 Å². The Balaban J connectivity index is 2.39. The summed E-state index contributed by atoms with van der Waals surface area (Å²) in [6.07, 6.45) is 0.595. The third-order valence-corrected chi connectivity index (χ3v) is 5.24. The average Bonchev–Trinajstić information content (AvgIpc) is 2.68. The highest BCUT2D eigenvalue weighted by molar-refractivity contribution is 7.86. The van der Waals surface area contributed by atoms with Crippen LogP contribution in [0.5, 0.6) is 0 Å². The number of hydrogen-bond donors (Lipinski definition) is 1. The van der Waals surface area contributed by atoms with Crippen LogP contribution in [-0.2, 0) is 24.5 Å². The van der Waals surface area contributed by atoms with Crippen molar-refractivity contribution in [3.63, 3.8) is 0 Å². The highest BCUT2D eigenvalue weighted by atomic mass is 32.2. The van der Waals surface area contributed by atoms with Gasteiger partial charge in [0.15, 0.2) is 0 Å². The van der Waals surface area contributed by atoms with Crippen molar-refractivity contribution in [2.75, 3.05) is 11.9 Å². The van der Waals surface area contributed by atoms with Gasteiger partial charge in [-0.05, 0) is 42.5 Å². The van der Waals surface area contributed by atoms with Crippen LogP contribution in [0, 0.1) is 5.41 Å². The van der Waals surface area contributed by atoms with E-state index in [1.165, 1.54) is 6.07 Å². The maximum absolute atomic E-state index is 12.3. The molecule has 1 aromatic carbocycles. The van der Waals surface area contributed by atoms with Crippen molar-refractivity contribution in [3.05, 3.63) is 23.8 Å². The molecule has 1 unspecified atom stereocenters. The number of hydrogen-bond acceptors (Lipinski definition) is 4. The van der Waals surface area contributed by atoms with E-state index in [-0.39, 0.29) is 22.8 Å². The first-order valence-corrected chi connectivity index (χ1v) is 8.76. The molecule has 1 aliphatic heterocycles. The molecular weight excluding hydrogens is 302 g/mol. The van der Waals surface area contributed by atoms with Crippen LogP contribution in [0.15, 0.2) is 23.1 Å². The van der Waals surface area contributed by atoms with E-state index in [0.717, 1.165) is 0 Å². The summed E-state index contributed by atoms with van der Waals surface area (Å²) in [6.45, 7) is 9.55. The van der Waals surface area contributed by atoms with Gasteiger partial charge in [-0.15, -0.1) is 0 Å². The first-order chi connectivity index (χ1) is 9.99. The summed E-state index contributed by atoms with van der Waals surface area (Å²) in [7, 11) is -3.83. The van der Waals surface area contributed by atoms with Crippen LogP contribution in [0.4, 0.5) is 5.69 Å². The second-order valence-electron chi connectivity index (χ2n) is 7.12. The normalized spacial score (nSPS) is 21.6. The topological polar surface area (TPSA) is 72.5 Å². The molecule has 1 aliphatic rings. The summed E-state index contributed by atoms with van der Waals surface area (Å²) in [4.78, 5) is 12.2. The van der Waals surface area contributed by atoms with Gasteiger partial charge in [0, 0.05) is 5.69 Å². The molecule has 1 atom stereocenters. The summed E-state index contributed by atoms with van der Waals surface area (Å²) in [5, 5.41) is 2.80. The van der Waals surface area contributed by atoms with E-state index in [2.05, 4.69) is 5.32 Å². The number of benzene rings is 1. The maximum Gasteiger partial charge on any atom is 0.297 e. The van der Waals surface area contributed by atoms with Crippen molar-refractivity contribution < 1.29 is 17.4 Å². The van der Waals surface area contributed by atoms with Gasteiger partial charge >= 0.3 is 0 Å². The van der Waals surface area contributed by atoms with Crippen LogP contribution in [0.25, 0.3) is 0 Å². The second kappa shape index (κ2) is 5.35. The van der Waals surface area contributed by atoms with Crippen LogP contribution in [0.2, 0.25) is 0 Å². The average molecular weight is 325 g/mol. The highest BCUT2D eigenvalue weighted by Gasteiger charge is 2.41. The standard InChI is InChI=1S/C16H23NO4S/c1-6-16(5)12-9-11(7-8-13(12)17-14(16)18)22(19,20)21-10-15(2,3)4/h7-9H,6,10H2,1-5H3,(H,17,18). The van der Waals surface area contributed by atoms with Gasteiger partial charge in [-0.25, -0.2) is 0 Å². The molecule has 0 aromatic heterocycles. The Morgan fingerprint density at radius 3 is 2.45 bits per heavy atom. The zero-order chi connectivity index (χ0) is 16.8. The molecule has 0 saturated carbocycles. The summed E-state index contributed by atoms with van der Waals surface area (Å²) in [5.41, 5.74) is 0.425. The van der Waals surface area contributed by atoms with Crippen LogP contribution in [0.1, 0.15) is 46.6 Å². The first-order valence-electron chi connectivity index (χ1n) is 7.35. The van der Waals surface area contributed by atoms with Gasteiger partial charge in [-0.2, -0.15) is 8.42 Å². The van der Waals surface area contributed by atoms with Gasteiger partial charge in [-0.3, -0.25) is 8.98 Å². The van der Waals surface area contributed by atoms with Gasteiger partial charge in [-0.1, -0.05) is 27.7 Å². The Bertz CT molecular complexity index is 703. The Morgan fingerprint density at radius 2 is 1.91 bits per heavy atom. The third kappa shape index (κ3) is 3.03. The molecular formula is C16H23NO4S. The van der Waals surface area contributed by atoms with Crippen LogP contribution in [0.3, 0.4) is 0 Å². The predicted molar refractivity (Wildman–Crippen MR) is 85.3 cm³/mol. The summed E-state index contributed by atoms with van der Waals surface area (Å²) < 4.78 is 29.8. The Hall–Kier alpha value is -1.40. The predicted octanol–water partition coefficient (Wildman–Crippen LogP) is 3.06. The quantitative estimate of drug-likeness (QED) is 0.864. The number of rotatable bonds is 4. The molecule has 0 radical (unpaired) electrons. The molecule has 122 valence electrons. The largest absolute Gasteiger partial charge is 0.325 e. The molecule has 22 heavy (non-hydrogen) atoms. The number of anilines is 1. The minimum Gasteiger partial charge on any atom is -0.325 e. The van der Waals surface area contributed by atoms with Crippen LogP contribution >= 0.6 is 0 Å². The Morgan fingerprint density at radius 1 is 1.27 bits per heavy atom. The van der Waals surface area contributed by atoms with Crippen molar-refractivity contribution in [1.29, 1.82) is 0 Å². The Kier molecular flexibility index (Phi) is 4.13. The molecule has 1 aromatic rings. The van der Waals surface area contributed by atoms with E-state index in [0.29, 0.717) is 17.7 Å². The summed E-state index contributed by atoms with van der Waals surface area (Å²) >= 11 is 0. The van der Waals surface area contributed by atoms with E-state index in [1.807, 2.05) is 34.6 Å². The lowest BCUT2D eigenvalue weighted by Gasteiger charge is -2.21. The fourth-order valence-corrected chi connectivity index (χ4v) is 3.44. The fraction of sp³-hybridized carbons (Fsp3) is 0.562. The van der Waals surface area contributed by atoms with Crippen molar-refractivity contribution in [1.82, 2.24) is 0 Å². The molecule has 0 fully saturated rings. The number of fused-ring (bicyclic) bond motifs is 1. The van der Waals surface area contributed by atoms with Gasteiger partial charge in [0.1, 0.15) is 0 Å². The number of nitrogens with one attached hydrogen (secondary N) is 1. The molecule has 0 aliphatic carbocycles. The Labute approximate surface area is 132 Å². The minimum atomic E-state index is -3.83. The number of carbonyl (C=O) groups excluding carboxylic acids is 1. The van der Waals surface area contributed by atoms with E-state index in [9.17, 15) is 13.2 Å². The molecule has 1 amide bonds. The molecule has 5 nitrogen and oxygen atoms in total. The monoisotopic (exact) mass is 325 g/mol. The summed E-state index contributed by atoms with van der Waals surface area (Å²) in [6, 6.07) is 4.65. The van der Waals surface area contributed by atoms with Crippen molar-refractivity contribution in [3.8, 4) is 0 Å². The second-order valence-corrected chi connectivity index (χ2v) is 8.74. The molecule has 1 N–H and O–H groups in total. The lowest BCUT2D eigenvalue weighted by molar-refractivity contribution is -0.120. The minimum absolute atomic E-state index is 0.0895. The number of carbonyl (C=O) groups is 1. The highest BCUT2D eigenvalue weighted by Crippen LogP contribution is 2.41. The lowest BCUT2D eigenvalue weighted by atomic mass is 9.81. The van der Waals surface area contributed by atoms with E-state index >= 15 is 0 Å².